The van der Waals surface area contributed by atoms with Crippen molar-refractivity contribution in [3.8, 4) is 0 Å². The van der Waals surface area contributed by atoms with Crippen molar-refractivity contribution < 1.29 is 0 Å². The van der Waals surface area contributed by atoms with Crippen molar-refractivity contribution >= 4 is 22.0 Å². The van der Waals surface area contributed by atoms with Gasteiger partial charge in [-0.3, -0.25) is 4.40 Å². The molecule has 3 nitrogen and oxygen atoms in total. The Labute approximate surface area is 123 Å². The average Bonchev–Trinajstić information content (AvgIpc) is 2.92. The highest BCUT2D eigenvalue weighted by atomic mass is 32.1. The van der Waals surface area contributed by atoms with Gasteiger partial charge in [-0.1, -0.05) is 19.1 Å². The topological polar surface area (TPSA) is 29.3 Å². The number of fused-ring (bicyclic) bond motifs is 1. The smallest absolute Gasteiger partial charge is 0.194 e. The lowest BCUT2D eigenvalue weighted by atomic mass is 10.1. The minimum Gasteiger partial charge on any atom is -0.379 e. The highest BCUT2D eigenvalue weighted by Crippen LogP contribution is 2.21. The lowest BCUT2D eigenvalue weighted by Crippen LogP contribution is -2.03. The van der Waals surface area contributed by atoms with E-state index >= 15 is 0 Å². The first-order valence-corrected chi connectivity index (χ1v) is 7.76. The molecule has 20 heavy (non-hydrogen) atoms. The van der Waals surface area contributed by atoms with Crippen molar-refractivity contribution in [2.75, 3.05) is 5.32 Å². The SMILES string of the molecule is CCc1cccc(NCc2c(C)nc3sc(C)cn23)c1. The van der Waals surface area contributed by atoms with E-state index < -0.39 is 0 Å². The number of rotatable bonds is 4. The first kappa shape index (κ1) is 13.2. The van der Waals surface area contributed by atoms with E-state index in [1.807, 2.05) is 0 Å². The molecule has 0 amide bonds. The van der Waals surface area contributed by atoms with Crippen molar-refractivity contribution in [1.82, 2.24) is 9.38 Å². The second-order valence-corrected chi connectivity index (χ2v) is 6.26. The highest BCUT2D eigenvalue weighted by molar-refractivity contribution is 7.17. The van der Waals surface area contributed by atoms with Crippen LogP contribution in [0.15, 0.2) is 30.5 Å². The summed E-state index contributed by atoms with van der Waals surface area (Å²) >= 11 is 1.74. The molecule has 0 saturated carbocycles. The molecule has 0 fully saturated rings. The van der Waals surface area contributed by atoms with Gasteiger partial charge in [0.05, 0.1) is 17.9 Å². The van der Waals surface area contributed by atoms with Crippen LogP contribution in [-0.2, 0) is 13.0 Å². The van der Waals surface area contributed by atoms with Gasteiger partial charge in [-0.05, 0) is 38.0 Å². The molecule has 3 rings (SSSR count). The summed E-state index contributed by atoms with van der Waals surface area (Å²) in [5.41, 5.74) is 4.88. The van der Waals surface area contributed by atoms with Gasteiger partial charge in [-0.15, -0.1) is 11.3 Å². The van der Waals surface area contributed by atoms with E-state index in [2.05, 4.69) is 65.9 Å². The molecule has 0 bridgehead atoms. The number of aryl methyl sites for hydroxylation is 3. The number of nitrogens with zero attached hydrogens (tertiary/aromatic N) is 2. The fourth-order valence-corrected chi connectivity index (χ4v) is 3.30. The zero-order valence-corrected chi connectivity index (χ0v) is 12.9. The lowest BCUT2D eigenvalue weighted by molar-refractivity contribution is 0.990. The van der Waals surface area contributed by atoms with Crippen molar-refractivity contribution in [3.63, 3.8) is 0 Å². The summed E-state index contributed by atoms with van der Waals surface area (Å²) in [5, 5.41) is 3.51. The number of benzene rings is 1. The summed E-state index contributed by atoms with van der Waals surface area (Å²) in [6.45, 7) is 7.18. The van der Waals surface area contributed by atoms with Crippen LogP contribution in [0.2, 0.25) is 0 Å². The molecule has 0 aliphatic carbocycles. The minimum atomic E-state index is 0.802. The van der Waals surface area contributed by atoms with E-state index in [0.717, 1.165) is 23.6 Å². The third kappa shape index (κ3) is 2.43. The molecule has 0 spiro atoms. The molecule has 0 atom stereocenters. The predicted molar refractivity (Wildman–Crippen MR) is 85.7 cm³/mol. The fraction of sp³-hybridized carbons (Fsp3) is 0.312. The van der Waals surface area contributed by atoms with Crippen LogP contribution in [0, 0.1) is 13.8 Å². The number of imidazole rings is 1. The molecule has 4 heteroatoms. The fourth-order valence-electron chi connectivity index (χ4n) is 2.41. The maximum Gasteiger partial charge on any atom is 0.194 e. The number of aromatic nitrogens is 2. The first-order valence-electron chi connectivity index (χ1n) is 6.94. The van der Waals surface area contributed by atoms with Crippen LogP contribution in [0.25, 0.3) is 4.96 Å². The molecule has 1 N–H and O–H groups in total. The predicted octanol–water partition coefficient (Wildman–Crippen LogP) is 4.19. The zero-order chi connectivity index (χ0) is 14.1. The molecule has 0 saturated heterocycles. The third-order valence-corrected chi connectivity index (χ3v) is 4.43. The summed E-state index contributed by atoms with van der Waals surface area (Å²) in [7, 11) is 0. The van der Waals surface area contributed by atoms with Crippen molar-refractivity contribution in [2.45, 2.75) is 33.7 Å². The average molecular weight is 285 g/mol. The highest BCUT2D eigenvalue weighted by Gasteiger charge is 2.10. The van der Waals surface area contributed by atoms with Gasteiger partial charge in [0.2, 0.25) is 0 Å². The van der Waals surface area contributed by atoms with Gasteiger partial charge < -0.3 is 5.32 Å². The lowest BCUT2D eigenvalue weighted by Gasteiger charge is -2.08. The molecule has 2 aromatic heterocycles. The Morgan fingerprint density at radius 2 is 2.15 bits per heavy atom. The van der Waals surface area contributed by atoms with Crippen LogP contribution in [0.1, 0.15) is 28.8 Å². The van der Waals surface area contributed by atoms with Crippen LogP contribution in [-0.4, -0.2) is 9.38 Å². The van der Waals surface area contributed by atoms with E-state index in [-0.39, 0.29) is 0 Å². The van der Waals surface area contributed by atoms with E-state index in [1.165, 1.54) is 21.8 Å². The van der Waals surface area contributed by atoms with Gasteiger partial charge in [0.25, 0.3) is 0 Å². The second-order valence-electron chi connectivity index (χ2n) is 5.05. The molecule has 1 aromatic carbocycles. The minimum absolute atomic E-state index is 0.802. The third-order valence-electron chi connectivity index (χ3n) is 3.54. The van der Waals surface area contributed by atoms with Gasteiger partial charge in [-0.25, -0.2) is 4.98 Å². The van der Waals surface area contributed by atoms with Crippen LogP contribution in [0.3, 0.4) is 0 Å². The zero-order valence-electron chi connectivity index (χ0n) is 12.1. The Bertz CT molecular complexity index is 739. The van der Waals surface area contributed by atoms with Crippen LogP contribution in [0.4, 0.5) is 5.69 Å². The normalized spacial score (nSPS) is 11.2. The molecular formula is C16H19N3S. The van der Waals surface area contributed by atoms with Gasteiger partial charge in [0.15, 0.2) is 4.96 Å². The quantitative estimate of drug-likeness (QED) is 0.779. The summed E-state index contributed by atoms with van der Waals surface area (Å²) in [5.74, 6) is 0. The maximum atomic E-state index is 4.62. The Kier molecular flexibility index (Phi) is 3.49. The summed E-state index contributed by atoms with van der Waals surface area (Å²) < 4.78 is 2.20. The molecule has 0 aliphatic heterocycles. The van der Waals surface area contributed by atoms with E-state index in [1.54, 1.807) is 11.3 Å². The van der Waals surface area contributed by atoms with Crippen molar-refractivity contribution in [3.05, 3.63) is 52.3 Å². The maximum absolute atomic E-state index is 4.62. The number of thiazole rings is 1. The van der Waals surface area contributed by atoms with Crippen LogP contribution < -0.4 is 5.32 Å². The molecule has 104 valence electrons. The van der Waals surface area contributed by atoms with Crippen molar-refractivity contribution in [1.29, 1.82) is 0 Å². The summed E-state index contributed by atoms with van der Waals surface area (Å²) in [6.07, 6.45) is 3.23. The van der Waals surface area contributed by atoms with E-state index in [9.17, 15) is 0 Å². The Hall–Kier alpha value is -1.81. The Morgan fingerprint density at radius 3 is 2.95 bits per heavy atom. The standard InChI is InChI=1S/C16H19N3S/c1-4-13-6-5-7-14(8-13)17-9-15-12(3)18-16-19(15)10-11(2)20-16/h5-8,10,17H,4,9H2,1-3H3. The van der Waals surface area contributed by atoms with Gasteiger partial charge in [0.1, 0.15) is 0 Å². The first-order chi connectivity index (χ1) is 9.67. The van der Waals surface area contributed by atoms with Crippen LogP contribution >= 0.6 is 11.3 Å². The van der Waals surface area contributed by atoms with Gasteiger partial charge in [0, 0.05) is 16.8 Å². The molecular weight excluding hydrogens is 266 g/mol. The number of hydrogen-bond donors (Lipinski definition) is 1. The summed E-state index contributed by atoms with van der Waals surface area (Å²) in [4.78, 5) is 7.00. The van der Waals surface area contributed by atoms with Crippen LogP contribution in [0.5, 0.6) is 0 Å². The monoisotopic (exact) mass is 285 g/mol. The number of hydrogen-bond acceptors (Lipinski definition) is 3. The van der Waals surface area contributed by atoms with Crippen molar-refractivity contribution in [2.24, 2.45) is 0 Å². The number of anilines is 1. The molecule has 2 heterocycles. The Morgan fingerprint density at radius 1 is 1.30 bits per heavy atom. The summed E-state index contributed by atoms with van der Waals surface area (Å²) in [6, 6.07) is 8.60. The molecule has 0 radical (unpaired) electrons. The largest absolute Gasteiger partial charge is 0.379 e. The van der Waals surface area contributed by atoms with E-state index in [0.29, 0.717) is 0 Å². The molecule has 0 unspecified atom stereocenters. The van der Waals surface area contributed by atoms with E-state index in [4.69, 9.17) is 0 Å². The van der Waals surface area contributed by atoms with Gasteiger partial charge >= 0.3 is 0 Å². The van der Waals surface area contributed by atoms with Gasteiger partial charge in [-0.2, -0.15) is 0 Å². The second kappa shape index (κ2) is 5.29. The molecule has 3 aromatic rings. The Balaban J connectivity index is 1.84. The number of nitrogens with one attached hydrogen (secondary N) is 1. The molecule has 0 aliphatic rings.